The molecule has 8 nitrogen and oxygen atoms in total. The number of piperazine rings is 1. The number of rotatable bonds is 8. The quantitative estimate of drug-likeness (QED) is 0.486. The number of carbonyl (C=O) groups excluding carboxylic acids is 2. The van der Waals surface area contributed by atoms with E-state index in [1.807, 2.05) is 48.2 Å². The smallest absolute Gasteiger partial charge is 0.254 e. The third-order valence-corrected chi connectivity index (χ3v) is 6.43. The van der Waals surface area contributed by atoms with Crippen molar-refractivity contribution in [3.05, 3.63) is 77.4 Å². The van der Waals surface area contributed by atoms with Crippen molar-refractivity contribution in [2.45, 2.75) is 13.8 Å². The molecule has 1 aromatic heterocycles. The molecule has 1 saturated heterocycles. The number of hydrogen-bond acceptors (Lipinski definition) is 6. The molecular formula is C28H33N5O3. The van der Waals surface area contributed by atoms with E-state index in [1.165, 1.54) is 5.56 Å². The fourth-order valence-corrected chi connectivity index (χ4v) is 4.15. The Bertz CT molecular complexity index is 1160. The predicted molar refractivity (Wildman–Crippen MR) is 140 cm³/mol. The number of ether oxygens (including phenoxy) is 1. The Morgan fingerprint density at radius 1 is 0.861 bits per heavy atom. The Kier molecular flexibility index (Phi) is 8.28. The first-order valence-corrected chi connectivity index (χ1v) is 12.2. The van der Waals surface area contributed by atoms with E-state index in [0.29, 0.717) is 44.9 Å². The molecule has 2 aromatic carbocycles. The zero-order valence-electron chi connectivity index (χ0n) is 21.2. The molecule has 0 radical (unpaired) electrons. The lowest BCUT2D eigenvalue weighted by Crippen LogP contribution is -2.52. The molecule has 0 aliphatic carbocycles. The molecule has 2 heterocycles. The van der Waals surface area contributed by atoms with Crippen molar-refractivity contribution >= 4 is 17.6 Å². The minimum atomic E-state index is -0.164. The zero-order valence-corrected chi connectivity index (χ0v) is 21.2. The molecule has 8 heteroatoms. The van der Waals surface area contributed by atoms with E-state index in [4.69, 9.17) is 4.74 Å². The Labute approximate surface area is 212 Å². The summed E-state index contributed by atoms with van der Waals surface area (Å²) in [6.45, 7) is 7.25. The van der Waals surface area contributed by atoms with Gasteiger partial charge < -0.3 is 19.4 Å². The van der Waals surface area contributed by atoms with Gasteiger partial charge >= 0.3 is 0 Å². The second-order valence-corrected chi connectivity index (χ2v) is 9.10. The first kappa shape index (κ1) is 25.3. The lowest BCUT2D eigenvalue weighted by Gasteiger charge is -2.36. The number of amides is 2. The van der Waals surface area contributed by atoms with Crippen LogP contribution >= 0.6 is 0 Å². The second-order valence-electron chi connectivity index (χ2n) is 9.10. The summed E-state index contributed by atoms with van der Waals surface area (Å²) in [5.74, 6) is 0.573. The Morgan fingerprint density at radius 2 is 1.50 bits per heavy atom. The molecule has 4 rings (SSSR count). The normalized spacial score (nSPS) is 13.5. The average molecular weight is 488 g/mol. The maximum atomic E-state index is 13.1. The average Bonchev–Trinajstić information content (AvgIpc) is 2.91. The van der Waals surface area contributed by atoms with Crippen molar-refractivity contribution in [3.63, 3.8) is 0 Å². The van der Waals surface area contributed by atoms with Crippen molar-refractivity contribution in [2.75, 3.05) is 57.9 Å². The van der Waals surface area contributed by atoms with Crippen molar-refractivity contribution in [1.82, 2.24) is 20.0 Å². The monoisotopic (exact) mass is 487 g/mol. The number of anilines is 1. The Balaban J connectivity index is 1.34. The highest BCUT2D eigenvalue weighted by Gasteiger charge is 2.26. The molecule has 2 amide bonds. The summed E-state index contributed by atoms with van der Waals surface area (Å²) in [6.07, 6.45) is 0. The summed E-state index contributed by atoms with van der Waals surface area (Å²) < 4.78 is 5.17. The van der Waals surface area contributed by atoms with Gasteiger partial charge in [0.25, 0.3) is 5.91 Å². The molecule has 3 aromatic rings. The summed E-state index contributed by atoms with van der Waals surface area (Å²) in [5, 5.41) is 8.82. The first-order chi connectivity index (χ1) is 17.4. The standard InChI is InChI=1S/C28H33N5O3/c1-21-4-8-23(9-5-21)25-12-13-26(30-29-25)31-14-16-32(17-15-31)27(34)20-33(18-19-36-3)28(35)24-10-6-22(2)7-11-24/h4-13H,14-20H2,1-3H3. The predicted octanol–water partition coefficient (Wildman–Crippen LogP) is 3.20. The molecular weight excluding hydrogens is 454 g/mol. The molecule has 1 aliphatic rings. The van der Waals surface area contributed by atoms with E-state index >= 15 is 0 Å². The maximum Gasteiger partial charge on any atom is 0.254 e. The van der Waals surface area contributed by atoms with Crippen LogP contribution in [0, 0.1) is 13.8 Å². The molecule has 36 heavy (non-hydrogen) atoms. The topological polar surface area (TPSA) is 78.9 Å². The van der Waals surface area contributed by atoms with Gasteiger partial charge in [0.15, 0.2) is 5.82 Å². The molecule has 0 saturated carbocycles. The van der Waals surface area contributed by atoms with Crippen LogP contribution in [0.3, 0.4) is 0 Å². The molecule has 1 fully saturated rings. The Morgan fingerprint density at radius 3 is 2.08 bits per heavy atom. The van der Waals surface area contributed by atoms with Gasteiger partial charge in [-0.05, 0) is 38.1 Å². The van der Waals surface area contributed by atoms with Gasteiger partial charge in [-0.1, -0.05) is 47.5 Å². The van der Waals surface area contributed by atoms with Crippen LogP contribution in [0.5, 0.6) is 0 Å². The fourth-order valence-electron chi connectivity index (χ4n) is 4.15. The lowest BCUT2D eigenvalue weighted by atomic mass is 10.1. The number of carbonyl (C=O) groups is 2. The number of aromatic nitrogens is 2. The molecule has 0 atom stereocenters. The van der Waals surface area contributed by atoms with Gasteiger partial charge in [0.1, 0.15) is 6.54 Å². The van der Waals surface area contributed by atoms with Gasteiger partial charge in [0.2, 0.25) is 5.91 Å². The zero-order chi connectivity index (χ0) is 25.5. The molecule has 0 bridgehead atoms. The van der Waals surface area contributed by atoms with Crippen LogP contribution in [0.25, 0.3) is 11.3 Å². The number of hydrogen-bond donors (Lipinski definition) is 0. The minimum absolute atomic E-state index is 0.0289. The molecule has 0 N–H and O–H groups in total. The van der Waals surface area contributed by atoms with E-state index in [1.54, 1.807) is 24.1 Å². The van der Waals surface area contributed by atoms with Crippen molar-refractivity contribution in [2.24, 2.45) is 0 Å². The van der Waals surface area contributed by atoms with E-state index in [2.05, 4.69) is 34.2 Å². The lowest BCUT2D eigenvalue weighted by molar-refractivity contribution is -0.132. The summed E-state index contributed by atoms with van der Waals surface area (Å²) in [5.41, 5.74) is 4.73. The van der Waals surface area contributed by atoms with E-state index in [0.717, 1.165) is 22.6 Å². The number of nitrogens with zero attached hydrogens (tertiary/aromatic N) is 5. The minimum Gasteiger partial charge on any atom is -0.383 e. The molecule has 0 spiro atoms. The van der Waals surface area contributed by atoms with Crippen molar-refractivity contribution in [3.8, 4) is 11.3 Å². The largest absolute Gasteiger partial charge is 0.383 e. The van der Waals surface area contributed by atoms with Gasteiger partial charge in [-0.2, -0.15) is 0 Å². The summed E-state index contributed by atoms with van der Waals surface area (Å²) in [6, 6.07) is 19.6. The fraction of sp³-hybridized carbons (Fsp3) is 0.357. The third-order valence-electron chi connectivity index (χ3n) is 6.43. The number of benzene rings is 2. The van der Waals surface area contributed by atoms with Gasteiger partial charge in [-0.15, -0.1) is 10.2 Å². The first-order valence-electron chi connectivity index (χ1n) is 12.2. The SMILES string of the molecule is COCCN(CC(=O)N1CCN(c2ccc(-c3ccc(C)cc3)nn2)CC1)C(=O)c1ccc(C)cc1. The van der Waals surface area contributed by atoms with E-state index in [-0.39, 0.29) is 18.4 Å². The van der Waals surface area contributed by atoms with Crippen molar-refractivity contribution < 1.29 is 14.3 Å². The van der Waals surface area contributed by atoms with Gasteiger partial charge in [0.05, 0.1) is 12.3 Å². The second kappa shape index (κ2) is 11.8. The molecule has 0 unspecified atom stereocenters. The Hall–Kier alpha value is -3.78. The van der Waals surface area contributed by atoms with Crippen LogP contribution in [-0.4, -0.2) is 84.8 Å². The molecule has 188 valence electrons. The van der Waals surface area contributed by atoms with Gasteiger partial charge in [-0.3, -0.25) is 9.59 Å². The summed E-state index contributed by atoms with van der Waals surface area (Å²) in [7, 11) is 1.59. The van der Waals surface area contributed by atoms with E-state index in [9.17, 15) is 9.59 Å². The highest BCUT2D eigenvalue weighted by Crippen LogP contribution is 2.20. The van der Waals surface area contributed by atoms with Crippen LogP contribution in [0.4, 0.5) is 5.82 Å². The summed E-state index contributed by atoms with van der Waals surface area (Å²) in [4.78, 5) is 31.6. The van der Waals surface area contributed by atoms with Crippen molar-refractivity contribution in [1.29, 1.82) is 0 Å². The molecule has 1 aliphatic heterocycles. The van der Waals surface area contributed by atoms with Crippen LogP contribution in [-0.2, 0) is 9.53 Å². The highest BCUT2D eigenvalue weighted by molar-refractivity contribution is 5.96. The number of methoxy groups -OCH3 is 1. The third kappa shape index (κ3) is 6.26. The van der Waals surface area contributed by atoms with Gasteiger partial charge in [0, 0.05) is 51.0 Å². The summed E-state index contributed by atoms with van der Waals surface area (Å²) >= 11 is 0. The van der Waals surface area contributed by atoms with Crippen LogP contribution in [0.2, 0.25) is 0 Å². The van der Waals surface area contributed by atoms with Crippen LogP contribution < -0.4 is 4.90 Å². The maximum absolute atomic E-state index is 13.1. The number of aryl methyl sites for hydroxylation is 2. The van der Waals surface area contributed by atoms with E-state index < -0.39 is 0 Å². The van der Waals surface area contributed by atoms with Crippen LogP contribution in [0.1, 0.15) is 21.5 Å². The van der Waals surface area contributed by atoms with Gasteiger partial charge in [-0.25, -0.2) is 0 Å². The van der Waals surface area contributed by atoms with Crippen LogP contribution in [0.15, 0.2) is 60.7 Å². The highest BCUT2D eigenvalue weighted by atomic mass is 16.5.